The maximum absolute atomic E-state index is 10.8. The number of aryl methyl sites for hydroxylation is 1. The number of phenolic OH excluding ortho intramolecular Hbond substituents is 1. The predicted octanol–water partition coefficient (Wildman–Crippen LogP) is 2.91. The first-order chi connectivity index (χ1) is 7.02. The molecule has 0 unspecified atom stereocenters. The Morgan fingerprint density at radius 3 is 2.67 bits per heavy atom. The molecule has 0 amide bonds. The number of phenols is 1. The van der Waals surface area contributed by atoms with E-state index in [1.165, 1.54) is 6.07 Å². The van der Waals surface area contributed by atoms with E-state index in [4.69, 9.17) is 9.52 Å². The number of fused-ring (bicyclic) bond motifs is 1. The highest BCUT2D eigenvalue weighted by atomic mass is 79.9. The molecule has 15 heavy (non-hydrogen) atoms. The van der Waals surface area contributed by atoms with E-state index in [0.717, 1.165) is 0 Å². The molecule has 0 atom stereocenters. The fourth-order valence-corrected chi connectivity index (χ4v) is 2.11. The molecule has 0 spiro atoms. The Morgan fingerprint density at radius 2 is 2.13 bits per heavy atom. The number of carbonyl (C=O) groups is 1. The molecule has 0 bridgehead atoms. The van der Waals surface area contributed by atoms with Gasteiger partial charge in [0, 0.05) is 15.4 Å². The summed E-state index contributed by atoms with van der Waals surface area (Å²) < 4.78 is 5.79. The molecule has 2 aromatic rings. The van der Waals surface area contributed by atoms with Crippen LogP contribution in [0.2, 0.25) is 0 Å². The second-order valence-electron chi connectivity index (χ2n) is 3.13. The van der Waals surface area contributed by atoms with Crippen LogP contribution in [0.5, 0.6) is 5.75 Å². The van der Waals surface area contributed by atoms with Gasteiger partial charge < -0.3 is 14.6 Å². The third kappa shape index (κ3) is 1.39. The average molecular weight is 271 g/mol. The lowest BCUT2D eigenvalue weighted by atomic mass is 10.1. The van der Waals surface area contributed by atoms with Gasteiger partial charge in [-0.2, -0.15) is 0 Å². The monoisotopic (exact) mass is 270 g/mol. The molecule has 5 heteroatoms. The molecule has 0 aliphatic carbocycles. The van der Waals surface area contributed by atoms with Crippen LogP contribution in [0.4, 0.5) is 0 Å². The highest BCUT2D eigenvalue weighted by molar-refractivity contribution is 9.10. The molecule has 1 aromatic heterocycles. The summed E-state index contributed by atoms with van der Waals surface area (Å²) in [7, 11) is 0. The van der Waals surface area contributed by atoms with Crippen LogP contribution in [0.3, 0.4) is 0 Å². The fraction of sp³-hybridized carbons (Fsp3) is 0.100. The summed E-state index contributed by atoms with van der Waals surface area (Å²) in [6.45, 7) is 1.64. The zero-order chi connectivity index (χ0) is 11.2. The average Bonchev–Trinajstić information content (AvgIpc) is 2.51. The number of hydrogen-bond acceptors (Lipinski definition) is 3. The summed E-state index contributed by atoms with van der Waals surface area (Å²) in [5.41, 5.74) is 0.694. The van der Waals surface area contributed by atoms with Gasteiger partial charge in [-0.3, -0.25) is 0 Å². The van der Waals surface area contributed by atoms with Crippen LogP contribution in [0.15, 0.2) is 21.0 Å². The summed E-state index contributed by atoms with van der Waals surface area (Å²) in [6.07, 6.45) is 0. The predicted molar refractivity (Wildman–Crippen MR) is 57.3 cm³/mol. The van der Waals surface area contributed by atoms with Crippen molar-refractivity contribution in [2.45, 2.75) is 6.92 Å². The molecule has 0 radical (unpaired) electrons. The Labute approximate surface area is 93.3 Å². The largest absolute Gasteiger partial charge is 0.504 e. The first-order valence-corrected chi connectivity index (χ1v) is 4.95. The van der Waals surface area contributed by atoms with Crippen molar-refractivity contribution < 1.29 is 19.4 Å². The summed E-state index contributed by atoms with van der Waals surface area (Å²) in [4.78, 5) is 10.8. The second kappa shape index (κ2) is 3.27. The Bertz CT molecular complexity index is 556. The van der Waals surface area contributed by atoms with E-state index >= 15 is 0 Å². The van der Waals surface area contributed by atoms with Gasteiger partial charge in [0.25, 0.3) is 0 Å². The number of halogens is 1. The van der Waals surface area contributed by atoms with Gasteiger partial charge in [-0.05, 0) is 19.1 Å². The first-order valence-electron chi connectivity index (χ1n) is 4.16. The van der Waals surface area contributed by atoms with E-state index in [2.05, 4.69) is 15.9 Å². The smallest absolute Gasteiger partial charge is 0.372 e. The molecule has 0 aliphatic rings. The molecular weight excluding hydrogens is 264 g/mol. The van der Waals surface area contributed by atoms with Crippen molar-refractivity contribution in [2.75, 3.05) is 0 Å². The van der Waals surface area contributed by atoms with Crippen molar-refractivity contribution in [3.63, 3.8) is 0 Å². The molecule has 1 aromatic carbocycles. The van der Waals surface area contributed by atoms with Crippen molar-refractivity contribution in [1.82, 2.24) is 0 Å². The molecular formula is C10H7BrO4. The molecule has 0 saturated heterocycles. The lowest BCUT2D eigenvalue weighted by Gasteiger charge is -1.95. The molecule has 78 valence electrons. The Balaban J connectivity index is 2.93. The highest BCUT2D eigenvalue weighted by Crippen LogP contribution is 2.36. The SMILES string of the molecule is Cc1c(C(=O)O)oc2c(O)ccc(Br)c12. The van der Waals surface area contributed by atoms with Crippen molar-refractivity contribution in [1.29, 1.82) is 0 Å². The number of rotatable bonds is 1. The molecule has 0 aliphatic heterocycles. The van der Waals surface area contributed by atoms with E-state index in [-0.39, 0.29) is 17.1 Å². The van der Waals surface area contributed by atoms with Gasteiger partial charge in [0.05, 0.1) is 0 Å². The van der Waals surface area contributed by atoms with Crippen LogP contribution in [-0.2, 0) is 0 Å². The Kier molecular flexibility index (Phi) is 2.19. The molecule has 2 rings (SSSR count). The van der Waals surface area contributed by atoms with Gasteiger partial charge >= 0.3 is 5.97 Å². The number of carboxylic acids is 1. The van der Waals surface area contributed by atoms with Crippen molar-refractivity contribution in [3.05, 3.63) is 27.9 Å². The fourth-order valence-electron chi connectivity index (χ4n) is 1.50. The van der Waals surface area contributed by atoms with E-state index in [1.807, 2.05) is 0 Å². The van der Waals surface area contributed by atoms with E-state index in [9.17, 15) is 9.90 Å². The molecule has 0 fully saturated rings. The Hall–Kier alpha value is -1.49. The first kappa shape index (κ1) is 10.0. The van der Waals surface area contributed by atoms with Gasteiger partial charge in [-0.25, -0.2) is 4.79 Å². The topological polar surface area (TPSA) is 70.7 Å². The molecule has 1 heterocycles. The summed E-state index contributed by atoms with van der Waals surface area (Å²) in [5, 5.41) is 19.0. The Morgan fingerprint density at radius 1 is 1.47 bits per heavy atom. The number of carboxylic acid groups (broad SMARTS) is 1. The quantitative estimate of drug-likeness (QED) is 0.836. The number of benzene rings is 1. The minimum atomic E-state index is -1.14. The van der Waals surface area contributed by atoms with Crippen molar-refractivity contribution in [2.24, 2.45) is 0 Å². The number of aromatic hydroxyl groups is 1. The third-order valence-corrected chi connectivity index (χ3v) is 2.86. The molecule has 4 nitrogen and oxygen atoms in total. The number of furan rings is 1. The maximum atomic E-state index is 10.8. The summed E-state index contributed by atoms with van der Waals surface area (Å²) >= 11 is 3.28. The van der Waals surface area contributed by atoms with Gasteiger partial charge in [0.15, 0.2) is 11.3 Å². The lowest BCUT2D eigenvalue weighted by molar-refractivity contribution is 0.0664. The molecule has 0 saturated carbocycles. The van der Waals surface area contributed by atoms with Gasteiger partial charge in [0.2, 0.25) is 5.76 Å². The second-order valence-corrected chi connectivity index (χ2v) is 3.99. The maximum Gasteiger partial charge on any atom is 0.372 e. The van der Waals surface area contributed by atoms with Crippen LogP contribution in [-0.4, -0.2) is 16.2 Å². The lowest BCUT2D eigenvalue weighted by Crippen LogP contribution is -1.95. The molecule has 2 N–H and O–H groups in total. The van der Waals surface area contributed by atoms with E-state index in [1.54, 1.807) is 13.0 Å². The van der Waals surface area contributed by atoms with Crippen LogP contribution >= 0.6 is 15.9 Å². The highest BCUT2D eigenvalue weighted by Gasteiger charge is 2.20. The van der Waals surface area contributed by atoms with E-state index < -0.39 is 5.97 Å². The van der Waals surface area contributed by atoms with Gasteiger partial charge in [-0.1, -0.05) is 15.9 Å². The summed E-state index contributed by atoms with van der Waals surface area (Å²) in [6, 6.07) is 3.09. The van der Waals surface area contributed by atoms with E-state index in [0.29, 0.717) is 15.4 Å². The normalized spacial score (nSPS) is 10.8. The number of hydrogen-bond donors (Lipinski definition) is 2. The van der Waals surface area contributed by atoms with Crippen LogP contribution in [0, 0.1) is 6.92 Å². The number of aromatic carboxylic acids is 1. The van der Waals surface area contributed by atoms with Crippen LogP contribution < -0.4 is 0 Å². The zero-order valence-electron chi connectivity index (χ0n) is 7.74. The van der Waals surface area contributed by atoms with Gasteiger partial charge in [-0.15, -0.1) is 0 Å². The van der Waals surface area contributed by atoms with Crippen LogP contribution in [0.25, 0.3) is 11.0 Å². The van der Waals surface area contributed by atoms with Gasteiger partial charge in [0.1, 0.15) is 0 Å². The summed E-state index contributed by atoms with van der Waals surface area (Å²) in [5.74, 6) is -1.36. The van der Waals surface area contributed by atoms with Crippen molar-refractivity contribution in [3.8, 4) is 5.75 Å². The third-order valence-electron chi connectivity index (χ3n) is 2.20. The minimum Gasteiger partial charge on any atom is -0.504 e. The standard InChI is InChI=1S/C10H7BrO4/c1-4-7-5(11)2-3-6(12)9(7)15-8(4)10(13)14/h2-3,12H,1H3,(H,13,14). The minimum absolute atomic E-state index is 0.0659. The zero-order valence-corrected chi connectivity index (χ0v) is 9.33. The van der Waals surface area contributed by atoms with Crippen molar-refractivity contribution >= 4 is 32.9 Å². The van der Waals surface area contributed by atoms with Crippen LogP contribution in [0.1, 0.15) is 16.1 Å².